The molecule has 1 N–H and O–H groups in total. The zero-order valence-electron chi connectivity index (χ0n) is 11.6. The van der Waals surface area contributed by atoms with Crippen LogP contribution in [0.4, 0.5) is 0 Å². The largest absolute Gasteiger partial charge is 0.497 e. The average Bonchev–Trinajstić information content (AvgIpc) is 2.48. The first kappa shape index (κ1) is 13.6. The van der Waals surface area contributed by atoms with Crippen LogP contribution in [0.2, 0.25) is 0 Å². The number of ether oxygens (including phenoxy) is 1. The summed E-state index contributed by atoms with van der Waals surface area (Å²) in [4.78, 5) is 0. The van der Waals surface area contributed by atoms with E-state index >= 15 is 0 Å². The van der Waals surface area contributed by atoms with Crippen molar-refractivity contribution in [1.29, 1.82) is 0 Å². The highest BCUT2D eigenvalue weighted by Gasteiger charge is 2.10. The van der Waals surface area contributed by atoms with E-state index in [-0.39, 0.29) is 0 Å². The molecule has 2 rings (SSSR count). The summed E-state index contributed by atoms with van der Waals surface area (Å²) in [5.41, 5.74) is 2.65. The third-order valence-corrected chi connectivity index (χ3v) is 3.25. The van der Waals surface area contributed by atoms with Crippen LogP contribution in [0.3, 0.4) is 0 Å². The second-order valence-electron chi connectivity index (χ2n) is 4.57. The summed E-state index contributed by atoms with van der Waals surface area (Å²) in [5, 5.41) is 3.54. The van der Waals surface area contributed by atoms with E-state index in [4.69, 9.17) is 4.74 Å². The topological polar surface area (TPSA) is 21.3 Å². The molecule has 0 heterocycles. The van der Waals surface area contributed by atoms with Crippen molar-refractivity contribution >= 4 is 0 Å². The number of benzene rings is 2. The molecule has 0 fully saturated rings. The zero-order valence-corrected chi connectivity index (χ0v) is 11.6. The molecule has 0 unspecified atom stereocenters. The first-order valence-electron chi connectivity index (χ1n) is 6.74. The fourth-order valence-electron chi connectivity index (χ4n) is 2.24. The van der Waals surface area contributed by atoms with E-state index in [1.807, 2.05) is 12.1 Å². The smallest absolute Gasteiger partial charge is 0.118 e. The van der Waals surface area contributed by atoms with E-state index in [1.165, 1.54) is 11.1 Å². The molecule has 0 aliphatic heterocycles. The first-order chi connectivity index (χ1) is 9.33. The van der Waals surface area contributed by atoms with Gasteiger partial charge in [-0.05, 0) is 36.2 Å². The molecular weight excluding hydrogens is 234 g/mol. The predicted octanol–water partition coefficient (Wildman–Crippen LogP) is 3.59. The van der Waals surface area contributed by atoms with Crippen LogP contribution in [0.25, 0.3) is 0 Å². The fraction of sp³-hybridized carbons (Fsp3) is 0.294. The SMILES string of the molecule is CCN[C@H](Cc1ccccc1)c1ccc(OC)cc1. The second-order valence-corrected chi connectivity index (χ2v) is 4.57. The van der Waals surface area contributed by atoms with Crippen LogP contribution in [0, 0.1) is 0 Å². The lowest BCUT2D eigenvalue weighted by Gasteiger charge is -2.19. The summed E-state index contributed by atoms with van der Waals surface area (Å²) in [6, 6.07) is 19.2. The molecule has 2 aromatic rings. The second kappa shape index (κ2) is 6.95. The minimum Gasteiger partial charge on any atom is -0.497 e. The van der Waals surface area contributed by atoms with Gasteiger partial charge in [-0.1, -0.05) is 49.4 Å². The van der Waals surface area contributed by atoms with Crippen molar-refractivity contribution in [3.63, 3.8) is 0 Å². The normalized spacial score (nSPS) is 12.1. The van der Waals surface area contributed by atoms with Crippen LogP contribution in [-0.2, 0) is 6.42 Å². The minimum atomic E-state index is 0.346. The molecule has 0 bridgehead atoms. The van der Waals surface area contributed by atoms with Gasteiger partial charge in [-0.15, -0.1) is 0 Å². The fourth-order valence-corrected chi connectivity index (χ4v) is 2.24. The molecule has 0 spiro atoms. The molecule has 2 nitrogen and oxygen atoms in total. The van der Waals surface area contributed by atoms with Crippen molar-refractivity contribution in [2.75, 3.05) is 13.7 Å². The van der Waals surface area contributed by atoms with Crippen LogP contribution in [0.1, 0.15) is 24.1 Å². The van der Waals surface area contributed by atoms with Crippen LogP contribution in [-0.4, -0.2) is 13.7 Å². The number of hydrogen-bond donors (Lipinski definition) is 1. The molecule has 0 radical (unpaired) electrons. The lowest BCUT2D eigenvalue weighted by Crippen LogP contribution is -2.22. The first-order valence-corrected chi connectivity index (χ1v) is 6.74. The van der Waals surface area contributed by atoms with Crippen molar-refractivity contribution in [3.05, 3.63) is 65.7 Å². The van der Waals surface area contributed by atoms with E-state index < -0.39 is 0 Å². The highest BCUT2D eigenvalue weighted by molar-refractivity contribution is 5.30. The molecule has 0 aliphatic rings. The Hall–Kier alpha value is -1.80. The van der Waals surface area contributed by atoms with Crippen LogP contribution in [0.15, 0.2) is 54.6 Å². The maximum atomic E-state index is 5.21. The van der Waals surface area contributed by atoms with Gasteiger partial charge in [0.15, 0.2) is 0 Å². The van der Waals surface area contributed by atoms with Crippen molar-refractivity contribution in [2.45, 2.75) is 19.4 Å². The molecule has 0 aromatic heterocycles. The Morgan fingerprint density at radius 2 is 1.68 bits per heavy atom. The Balaban J connectivity index is 2.14. The minimum absolute atomic E-state index is 0.346. The Labute approximate surface area is 115 Å². The van der Waals surface area contributed by atoms with Gasteiger partial charge in [0.2, 0.25) is 0 Å². The molecule has 0 amide bonds. The van der Waals surface area contributed by atoms with E-state index in [0.717, 1.165) is 18.7 Å². The Morgan fingerprint density at radius 1 is 1.00 bits per heavy atom. The summed E-state index contributed by atoms with van der Waals surface area (Å²) in [6.07, 6.45) is 1.00. The van der Waals surface area contributed by atoms with E-state index in [9.17, 15) is 0 Å². The molecule has 100 valence electrons. The monoisotopic (exact) mass is 255 g/mol. The van der Waals surface area contributed by atoms with Gasteiger partial charge < -0.3 is 10.1 Å². The van der Waals surface area contributed by atoms with Crippen molar-refractivity contribution < 1.29 is 4.74 Å². The van der Waals surface area contributed by atoms with Crippen LogP contribution < -0.4 is 10.1 Å². The summed E-state index contributed by atoms with van der Waals surface area (Å²) >= 11 is 0. The molecule has 0 saturated carbocycles. The number of hydrogen-bond acceptors (Lipinski definition) is 2. The molecule has 2 heteroatoms. The third kappa shape index (κ3) is 3.83. The Morgan fingerprint density at radius 3 is 2.26 bits per heavy atom. The molecular formula is C17H21NO. The van der Waals surface area contributed by atoms with E-state index in [2.05, 4.69) is 54.7 Å². The summed E-state index contributed by atoms with van der Waals surface area (Å²) < 4.78 is 5.21. The summed E-state index contributed by atoms with van der Waals surface area (Å²) in [7, 11) is 1.70. The van der Waals surface area contributed by atoms with Crippen LogP contribution >= 0.6 is 0 Å². The summed E-state index contributed by atoms with van der Waals surface area (Å²) in [6.45, 7) is 3.10. The lowest BCUT2D eigenvalue weighted by molar-refractivity contribution is 0.414. The van der Waals surface area contributed by atoms with Gasteiger partial charge in [-0.3, -0.25) is 0 Å². The zero-order chi connectivity index (χ0) is 13.5. The van der Waals surface area contributed by atoms with Crippen molar-refractivity contribution in [3.8, 4) is 5.75 Å². The molecule has 19 heavy (non-hydrogen) atoms. The van der Waals surface area contributed by atoms with Gasteiger partial charge in [0, 0.05) is 6.04 Å². The molecule has 1 atom stereocenters. The number of likely N-dealkylation sites (N-methyl/N-ethyl adjacent to an activating group) is 1. The van der Waals surface area contributed by atoms with Gasteiger partial charge in [0.1, 0.15) is 5.75 Å². The Kier molecular flexibility index (Phi) is 4.99. The number of methoxy groups -OCH3 is 1. The van der Waals surface area contributed by atoms with Gasteiger partial charge in [0.25, 0.3) is 0 Å². The quantitative estimate of drug-likeness (QED) is 0.851. The average molecular weight is 255 g/mol. The Bertz CT molecular complexity index is 478. The van der Waals surface area contributed by atoms with Gasteiger partial charge in [-0.2, -0.15) is 0 Å². The highest BCUT2D eigenvalue weighted by Crippen LogP contribution is 2.21. The summed E-state index contributed by atoms with van der Waals surface area (Å²) in [5.74, 6) is 0.902. The maximum absolute atomic E-state index is 5.21. The van der Waals surface area contributed by atoms with Crippen molar-refractivity contribution in [2.24, 2.45) is 0 Å². The van der Waals surface area contributed by atoms with Gasteiger partial charge in [0.05, 0.1) is 7.11 Å². The molecule has 0 saturated heterocycles. The third-order valence-electron chi connectivity index (χ3n) is 3.25. The number of rotatable bonds is 6. The standard InChI is InChI=1S/C17H21NO/c1-3-18-17(13-14-7-5-4-6-8-14)15-9-11-16(19-2)12-10-15/h4-12,17-18H,3,13H2,1-2H3/t17-/m1/s1. The number of nitrogens with one attached hydrogen (secondary N) is 1. The molecule has 0 aliphatic carbocycles. The lowest BCUT2D eigenvalue weighted by atomic mass is 9.99. The van der Waals surface area contributed by atoms with Gasteiger partial charge in [-0.25, -0.2) is 0 Å². The van der Waals surface area contributed by atoms with Crippen molar-refractivity contribution in [1.82, 2.24) is 5.32 Å². The highest BCUT2D eigenvalue weighted by atomic mass is 16.5. The predicted molar refractivity (Wildman–Crippen MR) is 79.6 cm³/mol. The van der Waals surface area contributed by atoms with E-state index in [0.29, 0.717) is 6.04 Å². The molecule has 2 aromatic carbocycles. The van der Waals surface area contributed by atoms with E-state index in [1.54, 1.807) is 7.11 Å². The maximum Gasteiger partial charge on any atom is 0.118 e. The van der Waals surface area contributed by atoms with Gasteiger partial charge >= 0.3 is 0 Å². The van der Waals surface area contributed by atoms with Crippen LogP contribution in [0.5, 0.6) is 5.75 Å².